The summed E-state index contributed by atoms with van der Waals surface area (Å²) in [5, 5.41) is 48.2. The van der Waals surface area contributed by atoms with Gasteiger partial charge in [0, 0.05) is 12.1 Å². The number of ether oxygens (including phenoxy) is 2. The van der Waals surface area contributed by atoms with Gasteiger partial charge in [0.05, 0.1) is 49.4 Å². The Kier molecular flexibility index (Phi) is 15.9. The molecule has 4 rings (SSSR count). The van der Waals surface area contributed by atoms with E-state index in [1.54, 1.807) is 12.1 Å². The average molecular weight is 720 g/mol. The summed E-state index contributed by atoms with van der Waals surface area (Å²) in [6.45, 7) is 0. The first-order valence-electron chi connectivity index (χ1n) is 13.1. The van der Waals surface area contributed by atoms with Crippen LogP contribution in [0.15, 0.2) is 116 Å². The van der Waals surface area contributed by atoms with Crippen molar-refractivity contribution in [2.24, 2.45) is 42.1 Å². The van der Waals surface area contributed by atoms with E-state index in [4.69, 9.17) is 20.9 Å². The molecule has 0 spiro atoms. The van der Waals surface area contributed by atoms with Gasteiger partial charge in [-0.3, -0.25) is 10.9 Å². The van der Waals surface area contributed by atoms with Crippen LogP contribution in [0.4, 0.5) is 22.7 Å². The number of hydrogen-bond acceptors (Lipinski definition) is 12. The van der Waals surface area contributed by atoms with Crippen molar-refractivity contribution in [1.82, 2.24) is 10.9 Å². The number of benzene rings is 4. The number of nitrogens with two attached hydrogens (primary N) is 2. The third kappa shape index (κ3) is 12.8. The zero-order valence-electron chi connectivity index (χ0n) is 24.8. The molecule has 0 unspecified atom stereocenters. The number of thiocarbonyl (C=S) groups is 2. The first kappa shape index (κ1) is 37.7. The maximum Gasteiger partial charge on any atom is 2.00 e. The van der Waals surface area contributed by atoms with Crippen LogP contribution in [0.25, 0.3) is 0 Å². The maximum absolute atomic E-state index is 12.1. The normalized spacial score (nSPS) is 10.8. The van der Waals surface area contributed by atoms with Crippen LogP contribution in [0.3, 0.4) is 0 Å². The Morgan fingerprint density at radius 3 is 1.28 bits per heavy atom. The topological polar surface area (TPSA) is 215 Å². The molecule has 0 fully saturated rings. The van der Waals surface area contributed by atoms with Gasteiger partial charge < -0.3 is 31.2 Å². The fraction of sp³-hybridized carbons (Fsp3) is 0.0667. The second kappa shape index (κ2) is 19.8. The Balaban J connectivity index is 0.000000320. The van der Waals surface area contributed by atoms with Crippen LogP contribution >= 0.6 is 24.4 Å². The molecule has 0 saturated heterocycles. The third-order valence-corrected chi connectivity index (χ3v) is 5.59. The van der Waals surface area contributed by atoms with Crippen molar-refractivity contribution >= 4 is 69.8 Å². The van der Waals surface area contributed by atoms with Gasteiger partial charge in [-0.15, -0.1) is 0 Å². The van der Waals surface area contributed by atoms with Gasteiger partial charge in [-0.05, 0) is 72.0 Å². The van der Waals surface area contributed by atoms with Gasteiger partial charge in [-0.25, -0.2) is 0 Å². The van der Waals surface area contributed by atoms with E-state index in [0.29, 0.717) is 22.7 Å². The monoisotopic (exact) mass is 719 g/mol. The minimum absolute atomic E-state index is 0. The molecule has 47 heavy (non-hydrogen) atoms. The summed E-state index contributed by atoms with van der Waals surface area (Å²) in [6.07, 6.45) is 2.59. The Morgan fingerprint density at radius 1 is 0.617 bits per heavy atom. The molecule has 0 aliphatic rings. The van der Waals surface area contributed by atoms with Gasteiger partial charge in [0.1, 0.15) is 11.5 Å². The first-order valence-corrected chi connectivity index (χ1v) is 13.9. The quantitative estimate of drug-likeness (QED) is 0.0583. The number of hydrogen-bond donors (Lipinski definition) is 4. The van der Waals surface area contributed by atoms with Gasteiger partial charge >= 0.3 is 17.1 Å². The van der Waals surface area contributed by atoms with Crippen molar-refractivity contribution in [3.63, 3.8) is 0 Å². The van der Waals surface area contributed by atoms with Gasteiger partial charge in [0.15, 0.2) is 10.2 Å². The van der Waals surface area contributed by atoms with E-state index in [0.717, 1.165) is 0 Å². The number of hydrazone groups is 2. The number of nitrogens with one attached hydrogen (secondary N) is 2. The SMILES string of the molecule is COc1cc(N=Nc2ccccc2)cc(/C=N/NC(N)=S)c1[O-].COc1cc(N=Nc2ccccc2)cc(/C=N/NC(N)=S)c1[O-].[Cu+2]. The minimum atomic E-state index is -0.320. The molecule has 0 heterocycles. The van der Waals surface area contributed by atoms with Crippen molar-refractivity contribution in [2.45, 2.75) is 0 Å². The zero-order chi connectivity index (χ0) is 33.3. The third-order valence-electron chi connectivity index (χ3n) is 5.41. The molecule has 6 N–H and O–H groups in total. The second-order valence-electron chi connectivity index (χ2n) is 8.67. The van der Waals surface area contributed by atoms with Crippen LogP contribution in [0.5, 0.6) is 23.0 Å². The van der Waals surface area contributed by atoms with Crippen LogP contribution in [-0.4, -0.2) is 36.9 Å². The molecule has 0 aliphatic carbocycles. The van der Waals surface area contributed by atoms with Gasteiger partial charge in [0.25, 0.3) is 0 Å². The zero-order valence-corrected chi connectivity index (χ0v) is 27.4. The van der Waals surface area contributed by atoms with Crippen LogP contribution in [-0.2, 0) is 17.1 Å². The number of azo groups is 2. The number of rotatable bonds is 10. The van der Waals surface area contributed by atoms with Crippen molar-refractivity contribution < 1.29 is 36.8 Å². The standard InChI is InChI=1S/2C15H15N5O2S.Cu/c2*1-22-13-8-12(19-18-11-5-3-2-4-6-11)7-10(14(13)21)9-17-20-15(16)23;/h2*2-9,21H,1H3,(H3,16,20,23);/q;;+2/p-2/b2*17-9+,19-18?;. The molecule has 0 aliphatic heterocycles. The summed E-state index contributed by atoms with van der Waals surface area (Å²) >= 11 is 9.26. The molecular formula is C30H28CuN10O4S2. The molecule has 0 saturated carbocycles. The van der Waals surface area contributed by atoms with Gasteiger partial charge in [-0.1, -0.05) is 47.9 Å². The van der Waals surface area contributed by atoms with Crippen molar-refractivity contribution in [1.29, 1.82) is 0 Å². The summed E-state index contributed by atoms with van der Waals surface area (Å²) in [4.78, 5) is 0. The molecule has 0 atom stereocenters. The molecule has 245 valence electrons. The molecule has 14 nitrogen and oxygen atoms in total. The predicted octanol–water partition coefficient (Wildman–Crippen LogP) is 4.70. The van der Waals surface area contributed by atoms with E-state index < -0.39 is 0 Å². The summed E-state index contributed by atoms with van der Waals surface area (Å²) in [5.41, 5.74) is 18.1. The first-order chi connectivity index (χ1) is 22.2. The fourth-order valence-electron chi connectivity index (χ4n) is 3.38. The number of methoxy groups -OCH3 is 2. The Labute approximate surface area is 291 Å². The van der Waals surface area contributed by atoms with E-state index >= 15 is 0 Å². The molecule has 0 bridgehead atoms. The Morgan fingerprint density at radius 2 is 0.957 bits per heavy atom. The van der Waals surface area contributed by atoms with E-state index in [1.807, 2.05) is 60.7 Å². The summed E-state index contributed by atoms with van der Waals surface area (Å²) < 4.78 is 10.1. The Bertz CT molecular complexity index is 1630. The molecule has 4 aromatic carbocycles. The van der Waals surface area contributed by atoms with Crippen LogP contribution in [0, 0.1) is 0 Å². The van der Waals surface area contributed by atoms with E-state index in [1.165, 1.54) is 38.8 Å². The summed E-state index contributed by atoms with van der Waals surface area (Å²) in [6, 6.07) is 24.6. The molecule has 17 heteroatoms. The fourth-order valence-corrected chi connectivity index (χ4v) is 3.48. The average Bonchev–Trinajstić information content (AvgIpc) is 3.06. The van der Waals surface area contributed by atoms with Crippen molar-refractivity contribution in [3.05, 3.63) is 96.1 Å². The minimum Gasteiger partial charge on any atom is -0.870 e. The molecule has 0 aromatic heterocycles. The second-order valence-corrected chi connectivity index (χ2v) is 9.55. The maximum atomic E-state index is 12.1. The van der Waals surface area contributed by atoms with Crippen molar-refractivity contribution in [3.8, 4) is 23.0 Å². The van der Waals surface area contributed by atoms with Crippen molar-refractivity contribution in [2.75, 3.05) is 14.2 Å². The molecule has 1 radical (unpaired) electrons. The Hall–Kier alpha value is -5.48. The molecule has 4 aromatic rings. The van der Waals surface area contributed by atoms with Gasteiger partial charge in [-0.2, -0.15) is 30.7 Å². The van der Waals surface area contributed by atoms with Crippen LogP contribution < -0.4 is 42.0 Å². The summed E-state index contributed by atoms with van der Waals surface area (Å²) in [5.74, 6) is -0.350. The summed E-state index contributed by atoms with van der Waals surface area (Å²) in [7, 11) is 2.81. The van der Waals surface area contributed by atoms with E-state index in [9.17, 15) is 10.2 Å². The van der Waals surface area contributed by atoms with Crippen LogP contribution in [0.2, 0.25) is 0 Å². The predicted molar refractivity (Wildman–Crippen MR) is 181 cm³/mol. The largest absolute Gasteiger partial charge is 2.00 e. The smallest absolute Gasteiger partial charge is 0.870 e. The number of nitrogens with zero attached hydrogens (tertiary/aromatic N) is 6. The van der Waals surface area contributed by atoms with E-state index in [-0.39, 0.29) is 61.4 Å². The van der Waals surface area contributed by atoms with E-state index in [2.05, 4.69) is 65.9 Å². The van der Waals surface area contributed by atoms with Gasteiger partial charge in [0.2, 0.25) is 0 Å². The molecular weight excluding hydrogens is 692 g/mol. The van der Waals surface area contributed by atoms with Crippen LogP contribution in [0.1, 0.15) is 11.1 Å². The molecule has 0 amide bonds.